The summed E-state index contributed by atoms with van der Waals surface area (Å²) < 4.78 is 10.6. The lowest BCUT2D eigenvalue weighted by Gasteiger charge is -2.27. The maximum absolute atomic E-state index is 11.7. The molecule has 2 heterocycles. The molecule has 0 saturated carbocycles. The Kier molecular flexibility index (Phi) is 2.00. The van der Waals surface area contributed by atoms with Gasteiger partial charge in [-0.15, -0.1) is 0 Å². The van der Waals surface area contributed by atoms with Gasteiger partial charge in [-0.05, 0) is 19.9 Å². The molecule has 1 aromatic heterocycles. The Morgan fingerprint density at radius 3 is 2.60 bits per heavy atom. The molecule has 0 radical (unpaired) electrons. The van der Waals surface area contributed by atoms with Gasteiger partial charge in [-0.3, -0.25) is 0 Å². The lowest BCUT2D eigenvalue weighted by atomic mass is 9.83. The number of rotatable bonds is 0. The smallest absolute Gasteiger partial charge is 0.343 e. The normalized spacial score (nSPS) is 17.7. The summed E-state index contributed by atoms with van der Waals surface area (Å²) in [7, 11) is 0. The summed E-state index contributed by atoms with van der Waals surface area (Å²) >= 11 is 0. The summed E-state index contributed by atoms with van der Waals surface area (Å²) in [6, 6.07) is 1.76. The summed E-state index contributed by atoms with van der Waals surface area (Å²) in [6.07, 6.45) is 1.93. The molecule has 0 N–H and O–H groups in total. The highest BCUT2D eigenvalue weighted by Crippen LogP contribution is 2.36. The highest BCUT2D eigenvalue weighted by Gasteiger charge is 2.31. The zero-order chi connectivity index (χ0) is 11.2. The first-order valence-electron chi connectivity index (χ1n) is 4.93. The van der Waals surface area contributed by atoms with Crippen LogP contribution < -0.4 is 10.4 Å². The number of hydrogen-bond donors (Lipinski definition) is 0. The van der Waals surface area contributed by atoms with Crippen LogP contribution in [0.1, 0.15) is 32.1 Å². The van der Waals surface area contributed by atoms with E-state index in [9.17, 15) is 4.79 Å². The number of ether oxygens (including phenoxy) is 1. The van der Waals surface area contributed by atoms with E-state index in [1.54, 1.807) is 13.0 Å². The quantitative estimate of drug-likeness (QED) is 0.654. The lowest BCUT2D eigenvalue weighted by Crippen LogP contribution is -2.28. The Morgan fingerprint density at radius 2 is 1.93 bits per heavy atom. The zero-order valence-electron chi connectivity index (χ0n) is 9.38. The third-order valence-electron chi connectivity index (χ3n) is 2.52. The van der Waals surface area contributed by atoms with Crippen LogP contribution in [0, 0.1) is 6.92 Å². The van der Waals surface area contributed by atoms with Gasteiger partial charge in [0, 0.05) is 11.5 Å². The monoisotopic (exact) mass is 206 g/mol. The van der Waals surface area contributed by atoms with Crippen LogP contribution in [0.15, 0.2) is 27.1 Å². The largest absolute Gasteiger partial charge is 0.462 e. The Labute approximate surface area is 88.4 Å². The van der Waals surface area contributed by atoms with E-state index in [2.05, 4.69) is 0 Å². The fourth-order valence-corrected chi connectivity index (χ4v) is 2.03. The van der Waals surface area contributed by atoms with Crippen molar-refractivity contribution >= 4 is 0 Å². The molecular formula is C12H14O3. The van der Waals surface area contributed by atoms with Gasteiger partial charge in [-0.1, -0.05) is 13.8 Å². The third-order valence-corrected chi connectivity index (χ3v) is 2.52. The molecule has 0 bridgehead atoms. The van der Waals surface area contributed by atoms with Gasteiger partial charge in [-0.2, -0.15) is 0 Å². The molecule has 0 aliphatic carbocycles. The van der Waals surface area contributed by atoms with Gasteiger partial charge < -0.3 is 9.15 Å². The number of aryl methyl sites for hydroxylation is 1. The van der Waals surface area contributed by atoms with Gasteiger partial charge in [0.15, 0.2) is 0 Å². The van der Waals surface area contributed by atoms with Crippen LogP contribution in [-0.4, -0.2) is 0 Å². The second-order valence-corrected chi connectivity index (χ2v) is 4.46. The predicted molar refractivity (Wildman–Crippen MR) is 57.1 cm³/mol. The SMILES string of the molecule is CC1=CC(C)(C)c2c(cc(C)oc2=O)O1. The summed E-state index contributed by atoms with van der Waals surface area (Å²) in [6.45, 7) is 7.58. The lowest BCUT2D eigenvalue weighted by molar-refractivity contribution is 0.358. The first-order valence-corrected chi connectivity index (χ1v) is 4.93. The average Bonchev–Trinajstić information content (AvgIpc) is 1.97. The summed E-state index contributed by atoms with van der Waals surface area (Å²) in [4.78, 5) is 11.7. The average molecular weight is 206 g/mol. The van der Waals surface area contributed by atoms with Crippen LogP contribution in [0.4, 0.5) is 0 Å². The van der Waals surface area contributed by atoms with Gasteiger partial charge >= 0.3 is 5.63 Å². The molecule has 0 unspecified atom stereocenters. The summed E-state index contributed by atoms with van der Waals surface area (Å²) in [5.41, 5.74) is -0.0381. The van der Waals surface area contributed by atoms with Crippen molar-refractivity contribution in [3.63, 3.8) is 0 Å². The van der Waals surface area contributed by atoms with Crippen molar-refractivity contribution in [1.82, 2.24) is 0 Å². The molecule has 0 spiro atoms. The molecule has 1 aliphatic heterocycles. The maximum Gasteiger partial charge on any atom is 0.343 e. The van der Waals surface area contributed by atoms with E-state index >= 15 is 0 Å². The van der Waals surface area contributed by atoms with Crippen molar-refractivity contribution < 1.29 is 9.15 Å². The van der Waals surface area contributed by atoms with Crippen LogP contribution in [-0.2, 0) is 5.41 Å². The molecule has 0 atom stereocenters. The summed E-state index contributed by atoms with van der Waals surface area (Å²) in [5.74, 6) is 2.01. The predicted octanol–water partition coefficient (Wildman–Crippen LogP) is 2.52. The molecule has 0 saturated heterocycles. The Balaban J connectivity index is 2.74. The second kappa shape index (κ2) is 2.99. The van der Waals surface area contributed by atoms with Gasteiger partial charge in [0.1, 0.15) is 11.5 Å². The van der Waals surface area contributed by atoms with Gasteiger partial charge in [0.25, 0.3) is 0 Å². The van der Waals surface area contributed by atoms with E-state index in [0.717, 1.165) is 5.76 Å². The van der Waals surface area contributed by atoms with Crippen molar-refractivity contribution in [2.45, 2.75) is 33.1 Å². The van der Waals surface area contributed by atoms with Crippen molar-refractivity contribution in [3.05, 3.63) is 39.6 Å². The first-order chi connectivity index (χ1) is 6.90. The number of hydrogen-bond acceptors (Lipinski definition) is 3. The van der Waals surface area contributed by atoms with Crippen LogP contribution in [0.25, 0.3) is 0 Å². The third kappa shape index (κ3) is 1.58. The van der Waals surface area contributed by atoms with E-state index in [0.29, 0.717) is 17.1 Å². The van der Waals surface area contributed by atoms with Crippen molar-refractivity contribution in [3.8, 4) is 5.75 Å². The topological polar surface area (TPSA) is 39.4 Å². The van der Waals surface area contributed by atoms with Gasteiger partial charge in [0.05, 0.1) is 11.3 Å². The minimum atomic E-state index is -0.327. The van der Waals surface area contributed by atoms with Crippen LogP contribution in [0.3, 0.4) is 0 Å². The van der Waals surface area contributed by atoms with Crippen LogP contribution >= 0.6 is 0 Å². The highest BCUT2D eigenvalue weighted by molar-refractivity contribution is 5.43. The molecule has 80 valence electrons. The molecular weight excluding hydrogens is 192 g/mol. The fraction of sp³-hybridized carbons (Fsp3) is 0.417. The number of allylic oxidation sites excluding steroid dienone is 2. The second-order valence-electron chi connectivity index (χ2n) is 4.46. The van der Waals surface area contributed by atoms with E-state index in [-0.39, 0.29) is 11.0 Å². The summed E-state index contributed by atoms with van der Waals surface area (Å²) in [5, 5.41) is 0. The molecule has 2 rings (SSSR count). The Morgan fingerprint density at radius 1 is 1.27 bits per heavy atom. The number of fused-ring (bicyclic) bond motifs is 1. The minimum absolute atomic E-state index is 0.307. The van der Waals surface area contributed by atoms with Crippen LogP contribution in [0.5, 0.6) is 5.75 Å². The van der Waals surface area contributed by atoms with E-state index in [1.165, 1.54) is 0 Å². The standard InChI is InChI=1S/C12H14O3/c1-7-5-9-10(11(13)15-7)12(3,4)6-8(2)14-9/h5-6H,1-4H3. The highest BCUT2D eigenvalue weighted by atomic mass is 16.5. The minimum Gasteiger partial charge on any atom is -0.462 e. The molecule has 0 amide bonds. The molecule has 1 aliphatic rings. The van der Waals surface area contributed by atoms with E-state index in [4.69, 9.17) is 9.15 Å². The molecule has 3 heteroatoms. The molecule has 3 nitrogen and oxygen atoms in total. The Bertz CT molecular complexity index is 492. The maximum atomic E-state index is 11.7. The fourth-order valence-electron chi connectivity index (χ4n) is 2.03. The zero-order valence-corrected chi connectivity index (χ0v) is 9.38. The van der Waals surface area contributed by atoms with Crippen molar-refractivity contribution in [1.29, 1.82) is 0 Å². The van der Waals surface area contributed by atoms with E-state index in [1.807, 2.05) is 26.8 Å². The molecule has 15 heavy (non-hydrogen) atoms. The molecule has 1 aromatic rings. The first kappa shape index (κ1) is 10.0. The van der Waals surface area contributed by atoms with E-state index < -0.39 is 0 Å². The van der Waals surface area contributed by atoms with Gasteiger partial charge in [0.2, 0.25) is 0 Å². The van der Waals surface area contributed by atoms with Crippen LogP contribution in [0.2, 0.25) is 0 Å². The van der Waals surface area contributed by atoms with Crippen molar-refractivity contribution in [2.24, 2.45) is 0 Å². The van der Waals surface area contributed by atoms with Gasteiger partial charge in [-0.25, -0.2) is 4.79 Å². The Hall–Kier alpha value is -1.51. The molecule has 0 aromatic carbocycles. The van der Waals surface area contributed by atoms with Crippen molar-refractivity contribution in [2.75, 3.05) is 0 Å². The molecule has 0 fully saturated rings.